The first-order valence-corrected chi connectivity index (χ1v) is 11.9. The van der Waals surface area contributed by atoms with Gasteiger partial charge in [0.2, 0.25) is 0 Å². The lowest BCUT2D eigenvalue weighted by Crippen LogP contribution is -2.16. The lowest BCUT2D eigenvalue weighted by molar-refractivity contribution is 0.0696. The SMILES string of the molecule is CCOc1cc(/C=N/NC(=O)c2cc3cc(Br)ccc3o2)cc(Cl)c1OCc1ccc(C(=O)O)cc1. The van der Waals surface area contributed by atoms with E-state index in [0.717, 1.165) is 15.4 Å². The number of hydrogen-bond donors (Lipinski definition) is 2. The van der Waals surface area contributed by atoms with Gasteiger partial charge in [0.05, 0.1) is 23.4 Å². The molecule has 0 spiro atoms. The number of carbonyl (C=O) groups is 2. The smallest absolute Gasteiger partial charge is 0.335 e. The van der Waals surface area contributed by atoms with Crippen LogP contribution in [-0.2, 0) is 6.61 Å². The molecule has 0 saturated carbocycles. The molecular formula is C26H20BrClN2O6. The number of carbonyl (C=O) groups excluding carboxylic acids is 1. The van der Waals surface area contributed by atoms with Gasteiger partial charge in [0.15, 0.2) is 17.3 Å². The zero-order chi connectivity index (χ0) is 25.7. The van der Waals surface area contributed by atoms with Gasteiger partial charge in [-0.2, -0.15) is 5.10 Å². The van der Waals surface area contributed by atoms with Crippen LogP contribution in [0.1, 0.15) is 39.0 Å². The van der Waals surface area contributed by atoms with Crippen LogP contribution in [0.15, 0.2) is 74.7 Å². The average molecular weight is 572 g/mol. The van der Waals surface area contributed by atoms with E-state index >= 15 is 0 Å². The molecule has 0 aliphatic rings. The number of ether oxygens (including phenoxy) is 2. The number of amides is 1. The van der Waals surface area contributed by atoms with Crippen LogP contribution in [0, 0.1) is 0 Å². The van der Waals surface area contributed by atoms with Crippen molar-refractivity contribution in [1.29, 1.82) is 0 Å². The van der Waals surface area contributed by atoms with Gasteiger partial charge >= 0.3 is 11.9 Å². The van der Waals surface area contributed by atoms with Crippen molar-refractivity contribution in [3.8, 4) is 11.5 Å². The number of benzene rings is 3. The predicted molar refractivity (Wildman–Crippen MR) is 139 cm³/mol. The van der Waals surface area contributed by atoms with E-state index in [1.54, 1.807) is 36.4 Å². The van der Waals surface area contributed by atoms with Gasteiger partial charge in [0.25, 0.3) is 0 Å². The van der Waals surface area contributed by atoms with E-state index in [1.165, 1.54) is 18.3 Å². The van der Waals surface area contributed by atoms with Crippen LogP contribution in [0.4, 0.5) is 0 Å². The summed E-state index contributed by atoms with van der Waals surface area (Å²) in [6, 6.07) is 16.7. The molecule has 3 aromatic carbocycles. The standard InChI is InChI=1S/C26H20BrClN2O6/c1-2-34-22-10-16(9-20(28)24(22)35-14-15-3-5-17(6-4-15)26(32)33)13-29-30-25(31)23-12-18-11-19(27)7-8-21(18)36-23/h3-13H,2,14H2,1H3,(H,30,31)(H,32,33)/b29-13+. The fourth-order valence-corrected chi connectivity index (χ4v) is 3.96. The van der Waals surface area contributed by atoms with Gasteiger partial charge in [0.1, 0.15) is 12.2 Å². The second-order valence-corrected chi connectivity index (χ2v) is 8.87. The number of halogens is 2. The molecule has 0 radical (unpaired) electrons. The Morgan fingerprint density at radius 1 is 1.11 bits per heavy atom. The first-order chi connectivity index (χ1) is 17.3. The molecule has 1 heterocycles. The molecule has 8 nitrogen and oxygen atoms in total. The molecule has 4 aromatic rings. The van der Waals surface area contributed by atoms with Crippen LogP contribution in [0.25, 0.3) is 11.0 Å². The van der Waals surface area contributed by atoms with Crippen molar-refractivity contribution in [2.75, 3.05) is 6.61 Å². The molecule has 0 bridgehead atoms. The van der Waals surface area contributed by atoms with E-state index < -0.39 is 11.9 Å². The number of fused-ring (bicyclic) bond motifs is 1. The number of carboxylic acids is 1. The summed E-state index contributed by atoms with van der Waals surface area (Å²) in [7, 11) is 0. The molecule has 1 amide bonds. The highest BCUT2D eigenvalue weighted by molar-refractivity contribution is 9.10. The highest BCUT2D eigenvalue weighted by atomic mass is 79.9. The fraction of sp³-hybridized carbons (Fsp3) is 0.115. The number of aromatic carboxylic acids is 1. The molecule has 0 atom stereocenters. The van der Waals surface area contributed by atoms with E-state index in [-0.39, 0.29) is 17.9 Å². The molecule has 4 rings (SSSR count). The van der Waals surface area contributed by atoms with Crippen molar-refractivity contribution in [1.82, 2.24) is 5.43 Å². The minimum atomic E-state index is -0.997. The normalized spacial score (nSPS) is 11.1. The van der Waals surface area contributed by atoms with Crippen LogP contribution in [-0.4, -0.2) is 29.8 Å². The van der Waals surface area contributed by atoms with Crippen molar-refractivity contribution in [3.05, 3.63) is 92.6 Å². The van der Waals surface area contributed by atoms with E-state index in [2.05, 4.69) is 26.5 Å². The number of rotatable bonds is 9. The number of nitrogens with one attached hydrogen (secondary N) is 1. The molecule has 0 aliphatic carbocycles. The summed E-state index contributed by atoms with van der Waals surface area (Å²) in [5.41, 5.74) is 4.57. The average Bonchev–Trinajstić information content (AvgIpc) is 3.27. The van der Waals surface area contributed by atoms with Gasteiger partial charge in [-0.1, -0.05) is 39.7 Å². The minimum absolute atomic E-state index is 0.133. The first-order valence-electron chi connectivity index (χ1n) is 10.8. The molecule has 10 heteroatoms. The third-order valence-electron chi connectivity index (χ3n) is 5.00. The Labute approximate surface area is 219 Å². The summed E-state index contributed by atoms with van der Waals surface area (Å²) in [4.78, 5) is 23.4. The highest BCUT2D eigenvalue weighted by Crippen LogP contribution is 2.37. The van der Waals surface area contributed by atoms with Crippen molar-refractivity contribution >= 4 is 56.6 Å². The van der Waals surface area contributed by atoms with Gasteiger partial charge in [-0.15, -0.1) is 0 Å². The number of hydrazone groups is 1. The number of hydrogen-bond acceptors (Lipinski definition) is 6. The number of furan rings is 1. The van der Waals surface area contributed by atoms with Crippen molar-refractivity contribution in [2.24, 2.45) is 5.10 Å². The van der Waals surface area contributed by atoms with Crippen molar-refractivity contribution in [2.45, 2.75) is 13.5 Å². The summed E-state index contributed by atoms with van der Waals surface area (Å²) < 4.78 is 18.0. The maximum atomic E-state index is 12.4. The van der Waals surface area contributed by atoms with Gasteiger partial charge in [-0.3, -0.25) is 4.79 Å². The molecule has 0 fully saturated rings. The molecule has 2 N–H and O–H groups in total. The summed E-state index contributed by atoms with van der Waals surface area (Å²) >= 11 is 9.84. The Hall–Kier alpha value is -3.82. The van der Waals surface area contributed by atoms with Crippen LogP contribution in [0.3, 0.4) is 0 Å². The third-order valence-corrected chi connectivity index (χ3v) is 5.77. The van der Waals surface area contributed by atoms with E-state index in [4.69, 9.17) is 30.6 Å². The van der Waals surface area contributed by atoms with E-state index in [1.807, 2.05) is 19.1 Å². The minimum Gasteiger partial charge on any atom is -0.490 e. The second kappa shape index (κ2) is 11.3. The maximum Gasteiger partial charge on any atom is 0.335 e. The molecule has 36 heavy (non-hydrogen) atoms. The van der Waals surface area contributed by atoms with Crippen molar-refractivity contribution < 1.29 is 28.6 Å². The van der Waals surface area contributed by atoms with Crippen LogP contribution in [0.5, 0.6) is 11.5 Å². The van der Waals surface area contributed by atoms with E-state index in [0.29, 0.717) is 34.3 Å². The number of carboxylic acid groups (broad SMARTS) is 1. The molecule has 0 unspecified atom stereocenters. The molecular weight excluding hydrogens is 552 g/mol. The van der Waals surface area contributed by atoms with Gasteiger partial charge in [-0.05, 0) is 66.6 Å². The van der Waals surface area contributed by atoms with Gasteiger partial charge < -0.3 is 19.0 Å². The fourth-order valence-electron chi connectivity index (χ4n) is 3.31. The first kappa shape index (κ1) is 25.3. The lowest BCUT2D eigenvalue weighted by atomic mass is 10.1. The zero-order valence-electron chi connectivity index (χ0n) is 19.0. The lowest BCUT2D eigenvalue weighted by Gasteiger charge is -2.14. The van der Waals surface area contributed by atoms with E-state index in [9.17, 15) is 9.59 Å². The van der Waals surface area contributed by atoms with Gasteiger partial charge in [0, 0.05) is 9.86 Å². The number of nitrogens with zero attached hydrogens (tertiary/aromatic N) is 1. The van der Waals surface area contributed by atoms with Crippen molar-refractivity contribution in [3.63, 3.8) is 0 Å². The topological polar surface area (TPSA) is 110 Å². The van der Waals surface area contributed by atoms with Crippen LogP contribution < -0.4 is 14.9 Å². The molecule has 184 valence electrons. The monoisotopic (exact) mass is 570 g/mol. The van der Waals surface area contributed by atoms with Crippen LogP contribution in [0.2, 0.25) is 5.02 Å². The Morgan fingerprint density at radius 3 is 2.61 bits per heavy atom. The Balaban J connectivity index is 1.45. The summed E-state index contributed by atoms with van der Waals surface area (Å²) in [5.74, 6) is -0.612. The quantitative estimate of drug-likeness (QED) is 0.180. The Bertz CT molecular complexity index is 1450. The molecule has 0 saturated heterocycles. The molecule has 0 aliphatic heterocycles. The molecule has 1 aromatic heterocycles. The maximum absolute atomic E-state index is 12.4. The zero-order valence-corrected chi connectivity index (χ0v) is 21.3. The predicted octanol–water partition coefficient (Wildman–Crippen LogP) is 6.29. The summed E-state index contributed by atoms with van der Waals surface area (Å²) in [5, 5.41) is 14.1. The summed E-state index contributed by atoms with van der Waals surface area (Å²) in [6.45, 7) is 2.37. The van der Waals surface area contributed by atoms with Crippen LogP contribution >= 0.6 is 27.5 Å². The third kappa shape index (κ3) is 6.05. The Morgan fingerprint density at radius 2 is 1.89 bits per heavy atom. The summed E-state index contributed by atoms with van der Waals surface area (Å²) in [6.07, 6.45) is 1.43. The largest absolute Gasteiger partial charge is 0.490 e. The van der Waals surface area contributed by atoms with Gasteiger partial charge in [-0.25, -0.2) is 10.2 Å². The Kier molecular flexibility index (Phi) is 7.92. The highest BCUT2D eigenvalue weighted by Gasteiger charge is 2.14. The second-order valence-electron chi connectivity index (χ2n) is 7.55.